The lowest BCUT2D eigenvalue weighted by Gasteiger charge is -2.16. The Labute approximate surface area is 115 Å². The zero-order valence-electron chi connectivity index (χ0n) is 11.3. The summed E-state index contributed by atoms with van der Waals surface area (Å²) in [6.45, 7) is 4.20. The molecule has 0 bridgehead atoms. The summed E-state index contributed by atoms with van der Waals surface area (Å²) in [6, 6.07) is 2.34. The topological polar surface area (TPSA) is 66.4 Å². The summed E-state index contributed by atoms with van der Waals surface area (Å²) in [6.07, 6.45) is 0. The number of amides is 1. The second-order valence-corrected chi connectivity index (χ2v) is 4.42. The van der Waals surface area contributed by atoms with Crippen molar-refractivity contribution in [1.29, 1.82) is 0 Å². The van der Waals surface area contributed by atoms with Crippen molar-refractivity contribution in [3.8, 4) is 0 Å². The second kappa shape index (κ2) is 6.27. The van der Waals surface area contributed by atoms with E-state index in [4.69, 9.17) is 5.11 Å². The first-order valence-electron chi connectivity index (χ1n) is 5.90. The zero-order chi connectivity index (χ0) is 15.4. The molecule has 0 aromatic heterocycles. The van der Waals surface area contributed by atoms with Crippen LogP contribution in [0.15, 0.2) is 29.3 Å². The number of carbonyl (C=O) groups is 2. The molecule has 2 N–H and O–H groups in total. The first kappa shape index (κ1) is 15.8. The van der Waals surface area contributed by atoms with Crippen molar-refractivity contribution in [3.63, 3.8) is 0 Å². The number of hydrogen-bond acceptors (Lipinski definition) is 2. The van der Waals surface area contributed by atoms with Crippen molar-refractivity contribution in [2.75, 3.05) is 0 Å². The molecule has 20 heavy (non-hydrogen) atoms. The van der Waals surface area contributed by atoms with Gasteiger partial charge in [0.15, 0.2) is 0 Å². The smallest absolute Gasteiger partial charge is 0.331 e. The van der Waals surface area contributed by atoms with Crippen LogP contribution in [0.4, 0.5) is 8.78 Å². The van der Waals surface area contributed by atoms with E-state index in [1.165, 1.54) is 26.8 Å². The SMILES string of the molecule is CC(C(=O)O)=C(C)C(=O)NC(C)c1ccc(F)cc1F. The molecule has 108 valence electrons. The Kier molecular flexibility index (Phi) is 4.96. The molecule has 1 rings (SSSR count). The summed E-state index contributed by atoms with van der Waals surface area (Å²) in [4.78, 5) is 22.6. The monoisotopic (exact) mass is 283 g/mol. The van der Waals surface area contributed by atoms with Gasteiger partial charge in [-0.3, -0.25) is 4.79 Å². The molecule has 0 saturated carbocycles. The third kappa shape index (κ3) is 3.63. The fraction of sp³-hybridized carbons (Fsp3) is 0.286. The van der Waals surface area contributed by atoms with Crippen LogP contribution in [0, 0.1) is 11.6 Å². The Hall–Kier alpha value is -2.24. The van der Waals surface area contributed by atoms with Gasteiger partial charge < -0.3 is 10.4 Å². The lowest BCUT2D eigenvalue weighted by molar-refractivity contribution is -0.133. The van der Waals surface area contributed by atoms with E-state index in [-0.39, 0.29) is 16.7 Å². The maximum absolute atomic E-state index is 13.5. The standard InChI is InChI=1S/C14H15F2NO3/c1-7(8(2)14(19)20)13(18)17-9(3)11-5-4-10(15)6-12(11)16/h4-6,9H,1-3H3,(H,17,18)(H,19,20). The molecule has 0 aliphatic rings. The van der Waals surface area contributed by atoms with E-state index in [1.807, 2.05) is 0 Å². The van der Waals surface area contributed by atoms with Gasteiger partial charge in [0.05, 0.1) is 6.04 Å². The molecule has 1 aromatic rings. The van der Waals surface area contributed by atoms with Gasteiger partial charge in [-0.1, -0.05) is 6.07 Å². The predicted octanol–water partition coefficient (Wildman–Crippen LogP) is 2.56. The van der Waals surface area contributed by atoms with Gasteiger partial charge in [0.1, 0.15) is 11.6 Å². The minimum Gasteiger partial charge on any atom is -0.478 e. The van der Waals surface area contributed by atoms with Crippen LogP contribution in [0.5, 0.6) is 0 Å². The Balaban J connectivity index is 2.91. The minimum absolute atomic E-state index is 0.0341. The van der Waals surface area contributed by atoms with Gasteiger partial charge in [-0.05, 0) is 26.8 Å². The van der Waals surface area contributed by atoms with Gasteiger partial charge in [0.2, 0.25) is 5.91 Å². The highest BCUT2D eigenvalue weighted by Gasteiger charge is 2.17. The van der Waals surface area contributed by atoms with Crippen molar-refractivity contribution in [1.82, 2.24) is 5.32 Å². The van der Waals surface area contributed by atoms with Crippen LogP contribution in [-0.4, -0.2) is 17.0 Å². The highest BCUT2D eigenvalue weighted by atomic mass is 19.1. The molecule has 1 amide bonds. The lowest BCUT2D eigenvalue weighted by atomic mass is 10.1. The molecule has 1 unspecified atom stereocenters. The molecule has 0 fully saturated rings. The van der Waals surface area contributed by atoms with Gasteiger partial charge in [-0.25, -0.2) is 13.6 Å². The molecule has 0 aliphatic heterocycles. The molecule has 1 atom stereocenters. The highest BCUT2D eigenvalue weighted by molar-refractivity contribution is 6.01. The van der Waals surface area contributed by atoms with E-state index in [9.17, 15) is 18.4 Å². The van der Waals surface area contributed by atoms with E-state index in [2.05, 4.69) is 5.32 Å². The summed E-state index contributed by atoms with van der Waals surface area (Å²) in [5.41, 5.74) is 0.0710. The fourth-order valence-electron chi connectivity index (χ4n) is 1.57. The zero-order valence-corrected chi connectivity index (χ0v) is 11.3. The predicted molar refractivity (Wildman–Crippen MR) is 68.9 cm³/mol. The number of halogens is 2. The number of aliphatic carboxylic acids is 1. The van der Waals surface area contributed by atoms with Gasteiger partial charge in [-0.15, -0.1) is 0 Å². The molecule has 0 aliphatic carbocycles. The molecule has 0 heterocycles. The van der Waals surface area contributed by atoms with Crippen LogP contribution >= 0.6 is 0 Å². The Bertz CT molecular complexity index is 582. The molecule has 4 nitrogen and oxygen atoms in total. The highest BCUT2D eigenvalue weighted by Crippen LogP contribution is 2.18. The van der Waals surface area contributed by atoms with Crippen molar-refractivity contribution in [2.24, 2.45) is 0 Å². The fourth-order valence-corrected chi connectivity index (χ4v) is 1.57. The number of carboxylic acids is 1. The number of carbonyl (C=O) groups excluding carboxylic acids is 1. The van der Waals surface area contributed by atoms with Crippen molar-refractivity contribution in [2.45, 2.75) is 26.8 Å². The lowest BCUT2D eigenvalue weighted by Crippen LogP contribution is -2.29. The molecule has 6 heteroatoms. The van der Waals surface area contributed by atoms with Crippen LogP contribution < -0.4 is 5.32 Å². The summed E-state index contributed by atoms with van der Waals surface area (Å²) in [7, 11) is 0. The van der Waals surface area contributed by atoms with Crippen LogP contribution in [0.1, 0.15) is 32.4 Å². The minimum atomic E-state index is -1.20. The molecule has 0 spiro atoms. The summed E-state index contributed by atoms with van der Waals surface area (Å²) in [5.74, 6) is -3.28. The van der Waals surface area contributed by atoms with E-state index in [0.29, 0.717) is 0 Å². The summed E-state index contributed by atoms with van der Waals surface area (Å²) < 4.78 is 26.3. The quantitative estimate of drug-likeness (QED) is 0.835. The van der Waals surface area contributed by atoms with Crippen molar-refractivity contribution >= 4 is 11.9 Å². The second-order valence-electron chi connectivity index (χ2n) is 4.42. The Morgan fingerprint density at radius 1 is 1.20 bits per heavy atom. The Morgan fingerprint density at radius 2 is 1.80 bits per heavy atom. The van der Waals surface area contributed by atoms with Crippen LogP contribution in [-0.2, 0) is 9.59 Å². The number of benzene rings is 1. The van der Waals surface area contributed by atoms with Crippen molar-refractivity contribution < 1.29 is 23.5 Å². The summed E-state index contributed by atoms with van der Waals surface area (Å²) >= 11 is 0. The molecular formula is C14H15F2NO3. The average molecular weight is 283 g/mol. The van der Waals surface area contributed by atoms with Gasteiger partial charge in [0, 0.05) is 22.8 Å². The van der Waals surface area contributed by atoms with E-state index in [0.717, 1.165) is 12.1 Å². The van der Waals surface area contributed by atoms with Gasteiger partial charge in [-0.2, -0.15) is 0 Å². The van der Waals surface area contributed by atoms with E-state index < -0.39 is 29.6 Å². The van der Waals surface area contributed by atoms with Crippen LogP contribution in [0.3, 0.4) is 0 Å². The summed E-state index contributed by atoms with van der Waals surface area (Å²) in [5, 5.41) is 11.3. The maximum Gasteiger partial charge on any atom is 0.331 e. The average Bonchev–Trinajstić information content (AvgIpc) is 2.36. The largest absolute Gasteiger partial charge is 0.478 e. The first-order valence-corrected chi connectivity index (χ1v) is 5.90. The van der Waals surface area contributed by atoms with Crippen molar-refractivity contribution in [3.05, 3.63) is 46.5 Å². The molecule has 0 saturated heterocycles. The number of hydrogen-bond donors (Lipinski definition) is 2. The van der Waals surface area contributed by atoms with Crippen LogP contribution in [0.2, 0.25) is 0 Å². The third-order valence-corrected chi connectivity index (χ3v) is 3.00. The molecule has 1 aromatic carbocycles. The molecular weight excluding hydrogens is 268 g/mol. The Morgan fingerprint density at radius 3 is 2.30 bits per heavy atom. The molecule has 0 radical (unpaired) electrons. The third-order valence-electron chi connectivity index (χ3n) is 3.00. The van der Waals surface area contributed by atoms with Gasteiger partial charge >= 0.3 is 5.97 Å². The van der Waals surface area contributed by atoms with E-state index in [1.54, 1.807) is 0 Å². The normalized spacial score (nSPS) is 13.4. The number of carboxylic acid groups (broad SMARTS) is 1. The van der Waals surface area contributed by atoms with E-state index >= 15 is 0 Å². The first-order chi connectivity index (χ1) is 9.23. The van der Waals surface area contributed by atoms with Gasteiger partial charge in [0.25, 0.3) is 0 Å². The maximum atomic E-state index is 13.5. The van der Waals surface area contributed by atoms with Crippen LogP contribution in [0.25, 0.3) is 0 Å². The number of rotatable bonds is 4. The number of nitrogens with one attached hydrogen (secondary N) is 1.